The minimum absolute atomic E-state index is 0.106. The van der Waals surface area contributed by atoms with Crippen LogP contribution in [0.5, 0.6) is 17.2 Å². The number of hydrogen-bond donors (Lipinski definition) is 1. The molecule has 0 amide bonds. The van der Waals surface area contributed by atoms with E-state index in [1.165, 1.54) is 6.07 Å². The lowest BCUT2D eigenvalue weighted by atomic mass is 10.1. The minimum Gasteiger partial charge on any atom is -0.479 e. The van der Waals surface area contributed by atoms with Crippen LogP contribution in [0.25, 0.3) is 10.8 Å². The molecule has 0 aromatic heterocycles. The summed E-state index contributed by atoms with van der Waals surface area (Å²) in [4.78, 5) is 11.3. The molecular formula is C21H14Cl2F4O4. The summed E-state index contributed by atoms with van der Waals surface area (Å²) in [5.74, 6) is -2.96. The molecule has 10 heteroatoms. The number of carboxylic acid groups (broad SMARTS) is 1. The van der Waals surface area contributed by atoms with Gasteiger partial charge in [0.1, 0.15) is 16.5 Å². The number of carboxylic acids is 1. The van der Waals surface area contributed by atoms with E-state index < -0.39 is 45.4 Å². The van der Waals surface area contributed by atoms with E-state index in [2.05, 4.69) is 0 Å². The van der Waals surface area contributed by atoms with Crippen LogP contribution in [0.3, 0.4) is 0 Å². The molecule has 0 spiro atoms. The highest BCUT2D eigenvalue weighted by Crippen LogP contribution is 2.45. The van der Waals surface area contributed by atoms with E-state index in [-0.39, 0.29) is 17.9 Å². The van der Waals surface area contributed by atoms with Crippen LogP contribution in [-0.2, 0) is 11.0 Å². The molecule has 4 nitrogen and oxygen atoms in total. The van der Waals surface area contributed by atoms with Gasteiger partial charge < -0.3 is 14.6 Å². The summed E-state index contributed by atoms with van der Waals surface area (Å²) in [5, 5.41) is 8.68. The van der Waals surface area contributed by atoms with Gasteiger partial charge in [0.25, 0.3) is 0 Å². The van der Waals surface area contributed by atoms with Crippen LogP contribution in [-0.4, -0.2) is 17.2 Å². The highest BCUT2D eigenvalue weighted by molar-refractivity contribution is 6.37. The largest absolute Gasteiger partial charge is 0.479 e. The van der Waals surface area contributed by atoms with Crippen molar-refractivity contribution in [2.45, 2.75) is 25.6 Å². The van der Waals surface area contributed by atoms with E-state index in [1.54, 1.807) is 37.3 Å². The van der Waals surface area contributed by atoms with E-state index in [9.17, 15) is 27.5 Å². The zero-order chi connectivity index (χ0) is 22.9. The van der Waals surface area contributed by atoms with Gasteiger partial charge in [-0.1, -0.05) is 54.4 Å². The van der Waals surface area contributed by atoms with Gasteiger partial charge in [-0.2, -0.15) is 13.2 Å². The molecule has 1 atom stereocenters. The SMILES string of the molecule is CCC(Oc1cccc2c(Oc3c(Cl)cc(C(F)(F)F)c(F)c3Cl)cccc12)C(=O)O. The zero-order valence-electron chi connectivity index (χ0n) is 15.8. The first-order valence-electron chi connectivity index (χ1n) is 8.88. The monoisotopic (exact) mass is 476 g/mol. The molecule has 164 valence electrons. The summed E-state index contributed by atoms with van der Waals surface area (Å²) < 4.78 is 64.2. The number of hydrogen-bond acceptors (Lipinski definition) is 3. The van der Waals surface area contributed by atoms with Crippen LogP contribution >= 0.6 is 23.2 Å². The second-order valence-corrected chi connectivity index (χ2v) is 7.21. The number of halogens is 6. The summed E-state index contributed by atoms with van der Waals surface area (Å²) in [7, 11) is 0. The van der Waals surface area contributed by atoms with Crippen LogP contribution in [0.4, 0.5) is 17.6 Å². The Labute approximate surface area is 183 Å². The van der Waals surface area contributed by atoms with Crippen molar-refractivity contribution >= 4 is 39.9 Å². The highest BCUT2D eigenvalue weighted by Gasteiger charge is 2.37. The van der Waals surface area contributed by atoms with E-state index >= 15 is 0 Å². The van der Waals surface area contributed by atoms with Gasteiger partial charge >= 0.3 is 12.1 Å². The van der Waals surface area contributed by atoms with Crippen molar-refractivity contribution in [1.82, 2.24) is 0 Å². The molecule has 31 heavy (non-hydrogen) atoms. The van der Waals surface area contributed by atoms with E-state index in [0.717, 1.165) is 0 Å². The summed E-state index contributed by atoms with van der Waals surface area (Å²) in [6.45, 7) is 1.65. The number of ether oxygens (including phenoxy) is 2. The fourth-order valence-corrected chi connectivity index (χ4v) is 3.43. The average Bonchev–Trinajstić information content (AvgIpc) is 2.71. The Morgan fingerprint density at radius 2 is 1.68 bits per heavy atom. The Morgan fingerprint density at radius 1 is 1.10 bits per heavy atom. The van der Waals surface area contributed by atoms with E-state index in [4.69, 9.17) is 32.7 Å². The van der Waals surface area contributed by atoms with Gasteiger partial charge in [-0.05, 0) is 24.6 Å². The molecule has 0 aliphatic rings. The first-order valence-corrected chi connectivity index (χ1v) is 9.64. The van der Waals surface area contributed by atoms with Gasteiger partial charge in [0.2, 0.25) is 0 Å². The fourth-order valence-electron chi connectivity index (χ4n) is 2.89. The molecule has 1 unspecified atom stereocenters. The van der Waals surface area contributed by atoms with Gasteiger partial charge in [-0.15, -0.1) is 0 Å². The van der Waals surface area contributed by atoms with Crippen LogP contribution in [0.15, 0.2) is 42.5 Å². The van der Waals surface area contributed by atoms with Crippen molar-refractivity contribution in [2.75, 3.05) is 0 Å². The Morgan fingerprint density at radius 3 is 2.23 bits per heavy atom. The van der Waals surface area contributed by atoms with Gasteiger partial charge in [-0.25, -0.2) is 9.18 Å². The van der Waals surface area contributed by atoms with Crippen LogP contribution in [0.2, 0.25) is 10.0 Å². The molecule has 0 fully saturated rings. The Kier molecular flexibility index (Phi) is 6.52. The first-order chi connectivity index (χ1) is 14.5. The highest BCUT2D eigenvalue weighted by atomic mass is 35.5. The van der Waals surface area contributed by atoms with Crippen molar-refractivity contribution in [3.63, 3.8) is 0 Å². The van der Waals surface area contributed by atoms with Gasteiger partial charge in [0.05, 0.1) is 10.6 Å². The number of fused-ring (bicyclic) bond motifs is 1. The number of aliphatic carboxylic acids is 1. The van der Waals surface area contributed by atoms with Crippen LogP contribution in [0, 0.1) is 5.82 Å². The van der Waals surface area contributed by atoms with Crippen molar-refractivity contribution in [2.24, 2.45) is 0 Å². The Bertz CT molecular complexity index is 1150. The molecule has 3 aromatic rings. The zero-order valence-corrected chi connectivity index (χ0v) is 17.3. The first kappa shape index (κ1) is 23.0. The lowest BCUT2D eigenvalue weighted by Gasteiger charge is -2.17. The number of benzene rings is 3. The third-order valence-electron chi connectivity index (χ3n) is 4.39. The molecule has 3 aromatic carbocycles. The second-order valence-electron chi connectivity index (χ2n) is 6.42. The maximum absolute atomic E-state index is 14.2. The quantitative estimate of drug-likeness (QED) is 0.298. The third-order valence-corrected chi connectivity index (χ3v) is 5.01. The van der Waals surface area contributed by atoms with Gasteiger partial charge in [0.15, 0.2) is 17.7 Å². The topological polar surface area (TPSA) is 55.8 Å². The lowest BCUT2D eigenvalue weighted by Crippen LogP contribution is -2.25. The van der Waals surface area contributed by atoms with Crippen molar-refractivity contribution < 1.29 is 36.9 Å². The maximum atomic E-state index is 14.2. The standard InChI is InChI=1S/C21H14Cl2F4O4/c1-2-14(20(28)29)30-15-7-3-6-11-10(15)5-4-8-16(11)31-19-13(22)9-12(21(25,26)27)18(24)17(19)23/h3-9,14H,2H2,1H3,(H,28,29). The number of alkyl halides is 3. The van der Waals surface area contributed by atoms with Crippen LogP contribution < -0.4 is 9.47 Å². The predicted octanol–water partition coefficient (Wildman–Crippen LogP) is 7.34. The number of carbonyl (C=O) groups is 1. The summed E-state index contributed by atoms with van der Waals surface area (Å²) in [6, 6.07) is 9.82. The molecule has 1 N–H and O–H groups in total. The fraction of sp³-hybridized carbons (Fsp3) is 0.190. The average molecular weight is 477 g/mol. The molecule has 0 bridgehead atoms. The van der Waals surface area contributed by atoms with Crippen molar-refractivity contribution in [3.8, 4) is 17.2 Å². The molecule has 0 radical (unpaired) electrons. The van der Waals surface area contributed by atoms with E-state index in [0.29, 0.717) is 16.8 Å². The molecule has 0 aliphatic heterocycles. The molecule has 0 aliphatic carbocycles. The smallest absolute Gasteiger partial charge is 0.419 e. The summed E-state index contributed by atoms with van der Waals surface area (Å²) >= 11 is 11.7. The van der Waals surface area contributed by atoms with Crippen molar-refractivity contribution in [1.29, 1.82) is 0 Å². The molecular weight excluding hydrogens is 463 g/mol. The Balaban J connectivity index is 2.07. The second kappa shape index (κ2) is 8.80. The molecule has 0 heterocycles. The third kappa shape index (κ3) is 4.65. The van der Waals surface area contributed by atoms with Gasteiger partial charge in [-0.3, -0.25) is 0 Å². The van der Waals surface area contributed by atoms with Crippen LogP contribution in [0.1, 0.15) is 18.9 Å². The number of rotatable bonds is 6. The predicted molar refractivity (Wildman–Crippen MR) is 108 cm³/mol. The summed E-state index contributed by atoms with van der Waals surface area (Å²) in [5.41, 5.74) is -1.61. The minimum atomic E-state index is -4.98. The van der Waals surface area contributed by atoms with Crippen molar-refractivity contribution in [3.05, 3.63) is 63.9 Å². The molecule has 0 saturated heterocycles. The maximum Gasteiger partial charge on any atom is 0.419 e. The Hall–Kier alpha value is -2.71. The normalized spacial score (nSPS) is 12.6. The summed E-state index contributed by atoms with van der Waals surface area (Å²) in [6.07, 6.45) is -5.84. The molecule has 3 rings (SSSR count). The molecule has 0 saturated carbocycles. The van der Waals surface area contributed by atoms with Gasteiger partial charge in [0, 0.05) is 10.8 Å². The van der Waals surface area contributed by atoms with E-state index in [1.807, 2.05) is 0 Å². The lowest BCUT2D eigenvalue weighted by molar-refractivity contribution is -0.145.